The topological polar surface area (TPSA) is 38.8 Å². The van der Waals surface area contributed by atoms with E-state index in [-0.39, 0.29) is 5.91 Å². The summed E-state index contributed by atoms with van der Waals surface area (Å²) >= 11 is 0. The van der Waals surface area contributed by atoms with Gasteiger partial charge in [0, 0.05) is 19.0 Å². The second-order valence-corrected chi connectivity index (χ2v) is 6.12. The minimum absolute atomic E-state index is 0.0508. The molecular formula is C20H23NO3. The van der Waals surface area contributed by atoms with Crippen LogP contribution >= 0.6 is 0 Å². The molecule has 1 aliphatic heterocycles. The van der Waals surface area contributed by atoms with Crippen molar-refractivity contribution in [3.05, 3.63) is 60.2 Å². The minimum atomic E-state index is -0.470. The van der Waals surface area contributed by atoms with Crippen LogP contribution in [0.15, 0.2) is 54.6 Å². The van der Waals surface area contributed by atoms with Gasteiger partial charge >= 0.3 is 0 Å². The van der Waals surface area contributed by atoms with Crippen LogP contribution in [0.2, 0.25) is 0 Å². The SMILES string of the molecule is COc1ccc(C2CCN(C(=O)C(C)Oc3ccccc3)C2)cc1. The van der Waals surface area contributed by atoms with Gasteiger partial charge in [0.1, 0.15) is 11.5 Å². The molecule has 4 heteroatoms. The van der Waals surface area contributed by atoms with E-state index in [4.69, 9.17) is 9.47 Å². The first-order valence-corrected chi connectivity index (χ1v) is 8.32. The number of ether oxygens (including phenoxy) is 2. The van der Waals surface area contributed by atoms with Gasteiger partial charge in [-0.1, -0.05) is 30.3 Å². The van der Waals surface area contributed by atoms with Gasteiger partial charge in [0.15, 0.2) is 6.10 Å². The lowest BCUT2D eigenvalue weighted by Gasteiger charge is -2.22. The van der Waals surface area contributed by atoms with Crippen LogP contribution in [0.25, 0.3) is 0 Å². The molecule has 0 radical (unpaired) electrons. The first-order chi connectivity index (χ1) is 11.7. The molecule has 126 valence electrons. The van der Waals surface area contributed by atoms with E-state index in [1.165, 1.54) is 5.56 Å². The first-order valence-electron chi connectivity index (χ1n) is 8.32. The van der Waals surface area contributed by atoms with Crippen LogP contribution in [-0.4, -0.2) is 37.1 Å². The summed E-state index contributed by atoms with van der Waals surface area (Å²) in [5.41, 5.74) is 1.25. The number of methoxy groups -OCH3 is 1. The predicted octanol–water partition coefficient (Wildman–Crippen LogP) is 3.48. The van der Waals surface area contributed by atoms with Gasteiger partial charge in [-0.05, 0) is 43.2 Å². The number of benzene rings is 2. The maximum atomic E-state index is 12.6. The summed E-state index contributed by atoms with van der Waals surface area (Å²) in [6.45, 7) is 3.34. The van der Waals surface area contributed by atoms with E-state index >= 15 is 0 Å². The van der Waals surface area contributed by atoms with Crippen molar-refractivity contribution in [1.29, 1.82) is 0 Å². The van der Waals surface area contributed by atoms with Crippen LogP contribution in [0.4, 0.5) is 0 Å². The maximum absolute atomic E-state index is 12.6. The third kappa shape index (κ3) is 3.70. The Kier molecular flexibility index (Phi) is 5.04. The summed E-state index contributed by atoms with van der Waals surface area (Å²) in [7, 11) is 1.67. The zero-order valence-corrected chi connectivity index (χ0v) is 14.1. The van der Waals surface area contributed by atoms with Crippen molar-refractivity contribution in [3.63, 3.8) is 0 Å². The van der Waals surface area contributed by atoms with Gasteiger partial charge in [0.25, 0.3) is 5.91 Å². The highest BCUT2D eigenvalue weighted by molar-refractivity contribution is 5.81. The Bertz CT molecular complexity index is 669. The summed E-state index contributed by atoms with van der Waals surface area (Å²) < 4.78 is 11.0. The lowest BCUT2D eigenvalue weighted by Crippen LogP contribution is -2.39. The molecule has 0 saturated carbocycles. The molecule has 1 amide bonds. The molecule has 24 heavy (non-hydrogen) atoms. The molecule has 2 aromatic rings. The Morgan fingerprint density at radius 2 is 1.79 bits per heavy atom. The average molecular weight is 325 g/mol. The lowest BCUT2D eigenvalue weighted by molar-refractivity contribution is -0.136. The van der Waals surface area contributed by atoms with E-state index in [0.717, 1.165) is 31.0 Å². The normalized spacial score (nSPS) is 18.2. The quantitative estimate of drug-likeness (QED) is 0.845. The molecule has 1 aliphatic rings. The molecule has 1 heterocycles. The number of hydrogen-bond acceptors (Lipinski definition) is 3. The molecule has 4 nitrogen and oxygen atoms in total. The second-order valence-electron chi connectivity index (χ2n) is 6.12. The highest BCUT2D eigenvalue weighted by Crippen LogP contribution is 2.29. The van der Waals surface area contributed by atoms with Crippen LogP contribution in [0, 0.1) is 0 Å². The van der Waals surface area contributed by atoms with Gasteiger partial charge in [0.05, 0.1) is 7.11 Å². The number of carbonyl (C=O) groups excluding carboxylic acids is 1. The molecule has 2 atom stereocenters. The van der Waals surface area contributed by atoms with Crippen molar-refractivity contribution < 1.29 is 14.3 Å². The molecule has 2 unspecified atom stereocenters. The van der Waals surface area contributed by atoms with Crippen LogP contribution in [0.1, 0.15) is 24.8 Å². The standard InChI is InChI=1S/C20H23NO3/c1-15(24-19-6-4-3-5-7-19)20(22)21-13-12-17(14-21)16-8-10-18(23-2)11-9-16/h3-11,15,17H,12-14H2,1-2H3. The van der Waals surface area contributed by atoms with E-state index in [0.29, 0.717) is 5.92 Å². The summed E-state index contributed by atoms with van der Waals surface area (Å²) in [5, 5.41) is 0. The first kappa shape index (κ1) is 16.4. The number of rotatable bonds is 5. The van der Waals surface area contributed by atoms with E-state index in [1.807, 2.05) is 54.3 Å². The van der Waals surface area contributed by atoms with E-state index in [9.17, 15) is 4.79 Å². The fourth-order valence-corrected chi connectivity index (χ4v) is 3.12. The lowest BCUT2D eigenvalue weighted by atomic mass is 9.98. The summed E-state index contributed by atoms with van der Waals surface area (Å²) in [4.78, 5) is 14.5. The Morgan fingerprint density at radius 3 is 2.46 bits per heavy atom. The van der Waals surface area contributed by atoms with Crippen molar-refractivity contribution in [3.8, 4) is 11.5 Å². The van der Waals surface area contributed by atoms with Gasteiger partial charge < -0.3 is 14.4 Å². The zero-order chi connectivity index (χ0) is 16.9. The Balaban J connectivity index is 1.58. The smallest absolute Gasteiger partial charge is 0.263 e. The third-order valence-electron chi connectivity index (χ3n) is 4.49. The third-order valence-corrected chi connectivity index (χ3v) is 4.49. The van der Waals surface area contributed by atoms with Gasteiger partial charge in [-0.25, -0.2) is 0 Å². The van der Waals surface area contributed by atoms with Crippen molar-refractivity contribution in [1.82, 2.24) is 4.90 Å². The fourth-order valence-electron chi connectivity index (χ4n) is 3.12. The molecular weight excluding hydrogens is 302 g/mol. The van der Waals surface area contributed by atoms with Crippen molar-refractivity contribution >= 4 is 5.91 Å². The molecule has 0 N–H and O–H groups in total. The van der Waals surface area contributed by atoms with E-state index < -0.39 is 6.10 Å². The summed E-state index contributed by atoms with van der Waals surface area (Å²) in [6.07, 6.45) is 0.512. The number of hydrogen-bond donors (Lipinski definition) is 0. The van der Waals surface area contributed by atoms with Crippen molar-refractivity contribution in [2.45, 2.75) is 25.4 Å². The van der Waals surface area contributed by atoms with Crippen LogP contribution in [0.5, 0.6) is 11.5 Å². The Morgan fingerprint density at radius 1 is 1.08 bits per heavy atom. The maximum Gasteiger partial charge on any atom is 0.263 e. The molecule has 1 saturated heterocycles. The largest absolute Gasteiger partial charge is 0.497 e. The fraction of sp³-hybridized carbons (Fsp3) is 0.350. The Hall–Kier alpha value is -2.49. The van der Waals surface area contributed by atoms with Gasteiger partial charge in [-0.2, -0.15) is 0 Å². The molecule has 2 aromatic carbocycles. The van der Waals surface area contributed by atoms with Gasteiger partial charge in [0.2, 0.25) is 0 Å². The summed E-state index contributed by atoms with van der Waals surface area (Å²) in [5.74, 6) is 2.01. The monoisotopic (exact) mass is 325 g/mol. The zero-order valence-electron chi connectivity index (χ0n) is 14.1. The highest BCUT2D eigenvalue weighted by atomic mass is 16.5. The Labute approximate surface area is 143 Å². The number of para-hydroxylation sites is 1. The number of likely N-dealkylation sites (tertiary alicyclic amines) is 1. The molecule has 0 aliphatic carbocycles. The molecule has 0 bridgehead atoms. The minimum Gasteiger partial charge on any atom is -0.497 e. The van der Waals surface area contributed by atoms with Crippen LogP contribution in [0.3, 0.4) is 0 Å². The predicted molar refractivity (Wildman–Crippen MR) is 93.5 cm³/mol. The summed E-state index contributed by atoms with van der Waals surface area (Å²) in [6, 6.07) is 17.6. The number of carbonyl (C=O) groups is 1. The van der Waals surface area contributed by atoms with E-state index in [1.54, 1.807) is 7.11 Å². The molecule has 3 rings (SSSR count). The van der Waals surface area contributed by atoms with Crippen LogP contribution in [-0.2, 0) is 4.79 Å². The van der Waals surface area contributed by atoms with Crippen LogP contribution < -0.4 is 9.47 Å². The second kappa shape index (κ2) is 7.39. The molecule has 0 spiro atoms. The molecule has 1 fully saturated rings. The average Bonchev–Trinajstić information content (AvgIpc) is 3.12. The number of nitrogens with zero attached hydrogens (tertiary/aromatic N) is 1. The van der Waals surface area contributed by atoms with Crippen molar-refractivity contribution in [2.75, 3.05) is 20.2 Å². The molecule has 0 aromatic heterocycles. The highest BCUT2D eigenvalue weighted by Gasteiger charge is 2.30. The number of amides is 1. The van der Waals surface area contributed by atoms with Crippen molar-refractivity contribution in [2.24, 2.45) is 0 Å². The van der Waals surface area contributed by atoms with Gasteiger partial charge in [-0.15, -0.1) is 0 Å². The van der Waals surface area contributed by atoms with E-state index in [2.05, 4.69) is 12.1 Å². The van der Waals surface area contributed by atoms with Gasteiger partial charge in [-0.3, -0.25) is 4.79 Å².